The van der Waals surface area contributed by atoms with Crippen LogP contribution in [0.1, 0.15) is 131 Å². The van der Waals surface area contributed by atoms with Crippen LogP contribution in [0, 0.1) is 0 Å². The third-order valence-electron chi connectivity index (χ3n) is 12.9. The number of carbonyl (C=O) groups excluding carboxylic acids is 3. The average molecular weight is 767 g/mol. The molecule has 56 heavy (non-hydrogen) atoms. The summed E-state index contributed by atoms with van der Waals surface area (Å²) in [4.78, 5) is 69.3. The molecule has 6 heterocycles. The van der Waals surface area contributed by atoms with Crippen molar-refractivity contribution in [1.29, 1.82) is 0 Å². The quantitative estimate of drug-likeness (QED) is 0.112. The first-order valence-electron chi connectivity index (χ1n) is 19.5. The lowest BCUT2D eigenvalue weighted by atomic mass is 9.67. The molecule has 4 aromatic rings. The van der Waals surface area contributed by atoms with E-state index in [1.807, 2.05) is 6.07 Å². The Labute approximate surface area is 325 Å². The van der Waals surface area contributed by atoms with Crippen LogP contribution >= 0.6 is 0 Å². The first-order valence-corrected chi connectivity index (χ1v) is 19.5. The van der Waals surface area contributed by atoms with Crippen LogP contribution in [0.5, 0.6) is 0 Å². The summed E-state index contributed by atoms with van der Waals surface area (Å²) in [6, 6.07) is 6.93. The smallest absolute Gasteiger partial charge is 0.351 e. The summed E-state index contributed by atoms with van der Waals surface area (Å²) in [5.41, 5.74) is 3.94. The van der Waals surface area contributed by atoms with Crippen molar-refractivity contribution >= 4 is 51.2 Å². The molecule has 0 radical (unpaired) electrons. The summed E-state index contributed by atoms with van der Waals surface area (Å²) >= 11 is 0. The molecule has 0 bridgehead atoms. The van der Waals surface area contributed by atoms with Gasteiger partial charge in [-0.15, -0.1) is 0 Å². The van der Waals surface area contributed by atoms with Gasteiger partial charge in [0.1, 0.15) is 28.9 Å². The van der Waals surface area contributed by atoms with Gasteiger partial charge in [0, 0.05) is 59.8 Å². The van der Waals surface area contributed by atoms with Crippen molar-refractivity contribution in [3.05, 3.63) is 78.5 Å². The Kier molecular flexibility index (Phi) is 8.56. The van der Waals surface area contributed by atoms with Crippen molar-refractivity contribution in [1.82, 2.24) is 0 Å². The summed E-state index contributed by atoms with van der Waals surface area (Å²) in [6.45, 7) is 20.5. The zero-order valence-electron chi connectivity index (χ0n) is 33.7. The van der Waals surface area contributed by atoms with Crippen LogP contribution in [0.3, 0.4) is 0 Å². The predicted molar refractivity (Wildman–Crippen MR) is 211 cm³/mol. The van der Waals surface area contributed by atoms with Gasteiger partial charge in [-0.3, -0.25) is 4.79 Å². The summed E-state index contributed by atoms with van der Waals surface area (Å²) in [6.07, 6.45) is 3.27. The van der Waals surface area contributed by atoms with Crippen molar-refractivity contribution in [2.75, 3.05) is 42.8 Å². The molecule has 12 nitrogen and oxygen atoms in total. The Hall–Kier alpha value is -5.13. The van der Waals surface area contributed by atoms with Gasteiger partial charge in [-0.1, -0.05) is 55.4 Å². The fraction of sp³-hybridized carbons (Fsp3) is 0.523. The van der Waals surface area contributed by atoms with Crippen LogP contribution in [0.4, 0.5) is 11.4 Å². The molecular formula is C44H50N2O10. The van der Waals surface area contributed by atoms with Crippen molar-refractivity contribution in [2.45, 2.75) is 116 Å². The number of ether oxygens (including phenoxy) is 3. The van der Waals surface area contributed by atoms with Gasteiger partial charge in [0.15, 0.2) is 0 Å². The molecule has 0 spiro atoms. The number of hydrogen-bond acceptors (Lipinski definition) is 12. The lowest BCUT2D eigenvalue weighted by Crippen LogP contribution is -2.52. The molecule has 1 atom stereocenters. The maximum atomic E-state index is 13.9. The molecular weight excluding hydrogens is 716 g/mol. The van der Waals surface area contributed by atoms with E-state index in [1.165, 1.54) is 24.2 Å². The zero-order chi connectivity index (χ0) is 40.3. The third kappa shape index (κ3) is 5.98. The SMILES string of the molecule is CC(=O)OCOC(=O)c1cc2cc3c4c(c2oc1=O)C(C)(C)CCN4[C@@H](COC(=O)c1cc2cc4c5c(c2oc1=O)C(C)(C)CCN5CCC4(C)C)CC3(C)C. The number of fused-ring (bicyclic) bond motifs is 4. The standard InChI is InChI=1S/C44H50N2O10/c1-23(47)53-22-54-38(49)28-17-25-19-30-34-32(36(25)56-40(28)51)43(6,7)12-15-46(34)26(20-44(30,8)9)21-52-37(48)27-16-24-18-29-33-31(35(24)55-39(27)50)42(4,5)11-14-45(33)13-10-41(29,2)3/h16-19,26H,10-15,20-22H2,1-9H3/t26-/m1/s1. The predicted octanol–water partition coefficient (Wildman–Crippen LogP) is 7.14. The minimum absolute atomic E-state index is 0.0264. The second-order valence-electron chi connectivity index (χ2n) is 18.6. The lowest BCUT2D eigenvalue weighted by molar-refractivity contribution is -0.149. The monoisotopic (exact) mass is 766 g/mol. The number of hydrogen-bond donors (Lipinski definition) is 0. The van der Waals surface area contributed by atoms with Gasteiger partial charge in [0.05, 0.1) is 6.04 Å². The molecule has 4 aliphatic rings. The van der Waals surface area contributed by atoms with Crippen LogP contribution in [-0.2, 0) is 40.7 Å². The van der Waals surface area contributed by atoms with Gasteiger partial charge < -0.3 is 32.8 Å². The number of benzene rings is 2. The van der Waals surface area contributed by atoms with Gasteiger partial charge in [-0.25, -0.2) is 19.2 Å². The summed E-state index contributed by atoms with van der Waals surface area (Å²) in [5.74, 6) is -2.31. The highest BCUT2D eigenvalue weighted by Gasteiger charge is 2.47. The fourth-order valence-electron chi connectivity index (χ4n) is 9.59. The zero-order valence-corrected chi connectivity index (χ0v) is 33.7. The molecule has 8 rings (SSSR count). The lowest BCUT2D eigenvalue weighted by Gasteiger charge is -2.51. The molecule has 0 fully saturated rings. The number of nitrogens with zero attached hydrogens (tertiary/aromatic N) is 2. The van der Waals surface area contributed by atoms with Crippen LogP contribution in [-0.4, -0.2) is 57.0 Å². The molecule has 296 valence electrons. The largest absolute Gasteiger partial charge is 0.460 e. The summed E-state index contributed by atoms with van der Waals surface area (Å²) in [7, 11) is 0. The average Bonchev–Trinajstić information content (AvgIpc) is 3.10. The van der Waals surface area contributed by atoms with Crippen molar-refractivity contribution < 1.29 is 37.4 Å². The Bertz CT molecular complexity index is 2480. The number of anilines is 2. The molecule has 0 saturated carbocycles. The second-order valence-corrected chi connectivity index (χ2v) is 18.6. The maximum absolute atomic E-state index is 13.9. The van der Waals surface area contributed by atoms with Gasteiger partial charge in [-0.05, 0) is 82.7 Å². The van der Waals surface area contributed by atoms with Crippen LogP contribution in [0.2, 0.25) is 0 Å². The van der Waals surface area contributed by atoms with E-state index in [4.69, 9.17) is 23.0 Å². The highest BCUT2D eigenvalue weighted by atomic mass is 16.7. The van der Waals surface area contributed by atoms with Crippen LogP contribution in [0.25, 0.3) is 21.9 Å². The van der Waals surface area contributed by atoms with Gasteiger partial charge in [0.2, 0.25) is 6.79 Å². The van der Waals surface area contributed by atoms with E-state index in [9.17, 15) is 24.0 Å². The first-order chi connectivity index (χ1) is 26.2. The Morgan fingerprint density at radius 2 is 1.16 bits per heavy atom. The molecule has 0 aliphatic carbocycles. The Morgan fingerprint density at radius 1 is 0.661 bits per heavy atom. The van der Waals surface area contributed by atoms with Crippen molar-refractivity contribution in [3.8, 4) is 0 Å². The minimum Gasteiger partial charge on any atom is -0.460 e. The third-order valence-corrected chi connectivity index (χ3v) is 12.9. The molecule has 12 heteroatoms. The normalized spacial score (nSPS) is 20.9. The Balaban J connectivity index is 1.13. The summed E-state index contributed by atoms with van der Waals surface area (Å²) < 4.78 is 27.7. The topological polar surface area (TPSA) is 146 Å². The molecule has 0 unspecified atom stereocenters. The molecule has 2 aromatic carbocycles. The molecule has 0 saturated heterocycles. The van der Waals surface area contributed by atoms with Gasteiger partial charge >= 0.3 is 29.2 Å². The van der Waals surface area contributed by atoms with Crippen LogP contribution < -0.4 is 21.1 Å². The minimum atomic E-state index is -0.955. The maximum Gasteiger partial charge on any atom is 0.351 e. The highest BCUT2D eigenvalue weighted by Crippen LogP contribution is 2.54. The van der Waals surface area contributed by atoms with E-state index >= 15 is 0 Å². The number of rotatable bonds is 6. The van der Waals surface area contributed by atoms with E-state index in [0.717, 1.165) is 53.7 Å². The van der Waals surface area contributed by atoms with E-state index < -0.39 is 46.8 Å². The van der Waals surface area contributed by atoms with Gasteiger partial charge in [0.25, 0.3) is 0 Å². The van der Waals surface area contributed by atoms with Crippen molar-refractivity contribution in [3.63, 3.8) is 0 Å². The highest BCUT2D eigenvalue weighted by molar-refractivity contribution is 5.98. The van der Waals surface area contributed by atoms with E-state index in [0.29, 0.717) is 35.9 Å². The van der Waals surface area contributed by atoms with E-state index in [1.54, 1.807) is 6.07 Å². The van der Waals surface area contributed by atoms with Crippen molar-refractivity contribution in [2.24, 2.45) is 0 Å². The fourth-order valence-corrected chi connectivity index (χ4v) is 9.59. The van der Waals surface area contributed by atoms with E-state index in [-0.39, 0.29) is 34.6 Å². The first kappa shape index (κ1) is 37.8. The summed E-state index contributed by atoms with van der Waals surface area (Å²) in [5, 5.41) is 1.30. The molecule has 2 aromatic heterocycles. The Morgan fingerprint density at radius 3 is 1.73 bits per heavy atom. The van der Waals surface area contributed by atoms with Crippen LogP contribution in [0.15, 0.2) is 42.7 Å². The molecule has 4 aliphatic heterocycles. The second kappa shape index (κ2) is 12.7. The number of carbonyl (C=O) groups is 3. The molecule has 0 N–H and O–H groups in total. The van der Waals surface area contributed by atoms with E-state index in [2.05, 4.69) is 71.3 Å². The number of esters is 3. The van der Waals surface area contributed by atoms with Gasteiger partial charge in [-0.2, -0.15) is 0 Å². The molecule has 0 amide bonds.